The van der Waals surface area contributed by atoms with Crippen molar-refractivity contribution in [2.45, 2.75) is 12.8 Å². The van der Waals surface area contributed by atoms with Gasteiger partial charge in [-0.3, -0.25) is 0 Å². The molecule has 2 nitrogen and oxygen atoms in total. The minimum Gasteiger partial charge on any atom is -0.395 e. The molecule has 0 atom stereocenters. The Hall–Kier alpha value is -0.970. The molecule has 1 saturated heterocycles. The van der Waals surface area contributed by atoms with Crippen LogP contribution in [0.15, 0.2) is 12.1 Å². The first kappa shape index (κ1) is 12.5. The Bertz CT molecular complexity index is 392. The van der Waals surface area contributed by atoms with Crippen LogP contribution in [0.5, 0.6) is 0 Å². The summed E-state index contributed by atoms with van der Waals surface area (Å²) < 4.78 is 26.2. The van der Waals surface area contributed by atoms with E-state index in [0.29, 0.717) is 11.6 Å². The molecule has 0 amide bonds. The van der Waals surface area contributed by atoms with Crippen LogP contribution in [-0.2, 0) is 0 Å². The van der Waals surface area contributed by atoms with Gasteiger partial charge in [0.1, 0.15) is 5.82 Å². The van der Waals surface area contributed by atoms with Crippen molar-refractivity contribution in [2.24, 2.45) is 5.92 Å². The number of thioether (sulfide) groups is 1. The number of rotatable bonds is 3. The van der Waals surface area contributed by atoms with Crippen LogP contribution >= 0.6 is 11.8 Å². The van der Waals surface area contributed by atoms with Crippen molar-refractivity contribution < 1.29 is 8.78 Å². The Labute approximate surface area is 104 Å². The molecule has 1 aliphatic heterocycles. The molecule has 0 spiro atoms. The first-order chi connectivity index (χ1) is 8.16. The highest BCUT2D eigenvalue weighted by Crippen LogP contribution is 2.26. The molecule has 1 aliphatic rings. The van der Waals surface area contributed by atoms with Crippen molar-refractivity contribution in [2.75, 3.05) is 29.1 Å². The molecular formula is C12H16F2N2S. The minimum atomic E-state index is -0.702. The number of hydrogen-bond acceptors (Lipinski definition) is 3. The van der Waals surface area contributed by atoms with Crippen LogP contribution in [0.3, 0.4) is 0 Å². The van der Waals surface area contributed by atoms with Gasteiger partial charge in [0.25, 0.3) is 0 Å². The quantitative estimate of drug-likeness (QED) is 0.818. The van der Waals surface area contributed by atoms with E-state index >= 15 is 0 Å². The topological polar surface area (TPSA) is 38.0 Å². The number of nitrogen functional groups attached to an aromatic ring is 1. The summed E-state index contributed by atoms with van der Waals surface area (Å²) in [4.78, 5) is 0. The number of halogens is 2. The average molecular weight is 258 g/mol. The Morgan fingerprint density at radius 1 is 1.29 bits per heavy atom. The Kier molecular flexibility index (Phi) is 4.10. The largest absolute Gasteiger partial charge is 0.395 e. The third-order valence-corrected chi connectivity index (χ3v) is 4.07. The third kappa shape index (κ3) is 3.25. The monoisotopic (exact) mass is 258 g/mol. The number of benzene rings is 1. The lowest BCUT2D eigenvalue weighted by Crippen LogP contribution is -2.19. The van der Waals surface area contributed by atoms with Gasteiger partial charge in [-0.15, -0.1) is 0 Å². The van der Waals surface area contributed by atoms with Gasteiger partial charge in [0.15, 0.2) is 5.82 Å². The molecule has 0 aliphatic carbocycles. The summed E-state index contributed by atoms with van der Waals surface area (Å²) >= 11 is 1.96. The average Bonchev–Trinajstić information content (AvgIpc) is 2.33. The van der Waals surface area contributed by atoms with Gasteiger partial charge in [0.2, 0.25) is 0 Å². The molecule has 0 unspecified atom stereocenters. The second kappa shape index (κ2) is 5.58. The summed E-state index contributed by atoms with van der Waals surface area (Å²) in [6, 6.07) is 2.05. The third-order valence-electron chi connectivity index (χ3n) is 3.02. The van der Waals surface area contributed by atoms with E-state index in [1.54, 1.807) is 0 Å². The Balaban J connectivity index is 1.98. The highest BCUT2D eigenvalue weighted by molar-refractivity contribution is 7.99. The van der Waals surface area contributed by atoms with E-state index in [-0.39, 0.29) is 5.69 Å². The number of hydrogen-bond donors (Lipinski definition) is 2. The fourth-order valence-electron chi connectivity index (χ4n) is 1.94. The number of anilines is 2. The zero-order valence-corrected chi connectivity index (χ0v) is 10.3. The maximum absolute atomic E-state index is 13.2. The predicted molar refractivity (Wildman–Crippen MR) is 69.3 cm³/mol. The fourth-order valence-corrected chi connectivity index (χ4v) is 3.14. The molecule has 1 heterocycles. The van der Waals surface area contributed by atoms with E-state index in [1.165, 1.54) is 17.6 Å². The molecule has 5 heteroatoms. The number of nitrogens with one attached hydrogen (secondary N) is 1. The van der Waals surface area contributed by atoms with Crippen LogP contribution in [-0.4, -0.2) is 18.1 Å². The predicted octanol–water partition coefficient (Wildman–Crippen LogP) is 3.10. The van der Waals surface area contributed by atoms with Crippen LogP contribution in [0.1, 0.15) is 12.8 Å². The summed E-state index contributed by atoms with van der Waals surface area (Å²) in [7, 11) is 0. The van der Waals surface area contributed by atoms with Crippen LogP contribution in [0.2, 0.25) is 0 Å². The molecule has 1 aromatic rings. The van der Waals surface area contributed by atoms with E-state index in [0.717, 1.165) is 25.5 Å². The summed E-state index contributed by atoms with van der Waals surface area (Å²) in [5.74, 6) is 1.60. The molecule has 0 aromatic heterocycles. The first-order valence-electron chi connectivity index (χ1n) is 5.73. The summed E-state index contributed by atoms with van der Waals surface area (Å²) in [6.45, 7) is 0.730. The van der Waals surface area contributed by atoms with Gasteiger partial charge >= 0.3 is 0 Å². The molecule has 94 valence electrons. The highest BCUT2D eigenvalue weighted by Gasteiger charge is 2.14. The van der Waals surface area contributed by atoms with E-state index in [1.807, 2.05) is 11.8 Å². The van der Waals surface area contributed by atoms with E-state index < -0.39 is 11.6 Å². The van der Waals surface area contributed by atoms with Gasteiger partial charge in [-0.25, -0.2) is 8.78 Å². The highest BCUT2D eigenvalue weighted by atomic mass is 32.2. The molecule has 0 bridgehead atoms. The Morgan fingerprint density at radius 3 is 2.71 bits per heavy atom. The van der Waals surface area contributed by atoms with Crippen LogP contribution < -0.4 is 11.1 Å². The Morgan fingerprint density at radius 2 is 2.00 bits per heavy atom. The van der Waals surface area contributed by atoms with Crippen LogP contribution in [0.25, 0.3) is 0 Å². The molecule has 0 radical (unpaired) electrons. The molecular weight excluding hydrogens is 242 g/mol. The molecule has 0 saturated carbocycles. The molecule has 3 N–H and O–H groups in total. The van der Waals surface area contributed by atoms with E-state index in [9.17, 15) is 8.78 Å². The van der Waals surface area contributed by atoms with Gasteiger partial charge < -0.3 is 11.1 Å². The number of nitrogens with two attached hydrogens (primary N) is 1. The van der Waals surface area contributed by atoms with Crippen molar-refractivity contribution >= 4 is 23.1 Å². The minimum absolute atomic E-state index is 0.00316. The molecule has 2 rings (SSSR count). The van der Waals surface area contributed by atoms with Crippen molar-refractivity contribution in [3.05, 3.63) is 23.8 Å². The second-order valence-corrected chi connectivity index (χ2v) is 5.51. The van der Waals surface area contributed by atoms with Crippen LogP contribution in [0, 0.1) is 17.6 Å². The van der Waals surface area contributed by atoms with Gasteiger partial charge in [-0.05, 0) is 36.3 Å². The lowest BCUT2D eigenvalue weighted by atomic mass is 10.0. The van der Waals surface area contributed by atoms with Gasteiger partial charge in [0.05, 0.1) is 11.4 Å². The zero-order valence-electron chi connectivity index (χ0n) is 9.51. The van der Waals surface area contributed by atoms with E-state index in [4.69, 9.17) is 5.73 Å². The fraction of sp³-hybridized carbons (Fsp3) is 0.500. The normalized spacial score (nSPS) is 17.1. The SMILES string of the molecule is Nc1c(F)cc(F)cc1NCC1CCSCC1. The lowest BCUT2D eigenvalue weighted by Gasteiger charge is -2.22. The maximum Gasteiger partial charge on any atom is 0.151 e. The smallest absolute Gasteiger partial charge is 0.151 e. The molecule has 17 heavy (non-hydrogen) atoms. The molecule has 1 aromatic carbocycles. The van der Waals surface area contributed by atoms with Gasteiger partial charge in [-0.2, -0.15) is 11.8 Å². The summed E-state index contributed by atoms with van der Waals surface area (Å²) in [6.07, 6.45) is 2.30. The lowest BCUT2D eigenvalue weighted by molar-refractivity contribution is 0.515. The molecule has 1 fully saturated rings. The zero-order chi connectivity index (χ0) is 12.3. The van der Waals surface area contributed by atoms with Gasteiger partial charge in [0, 0.05) is 12.6 Å². The summed E-state index contributed by atoms with van der Waals surface area (Å²) in [5, 5.41) is 3.05. The maximum atomic E-state index is 13.2. The first-order valence-corrected chi connectivity index (χ1v) is 6.88. The van der Waals surface area contributed by atoms with Gasteiger partial charge in [-0.1, -0.05) is 0 Å². The standard InChI is InChI=1S/C12H16F2N2S/c13-9-5-10(14)12(15)11(6-9)16-7-8-1-3-17-4-2-8/h5-6,8,16H,1-4,7,15H2. The summed E-state index contributed by atoms with van der Waals surface area (Å²) in [5.41, 5.74) is 5.92. The van der Waals surface area contributed by atoms with E-state index in [2.05, 4.69) is 5.32 Å². The second-order valence-electron chi connectivity index (χ2n) is 4.29. The van der Waals surface area contributed by atoms with Crippen LogP contribution in [0.4, 0.5) is 20.2 Å². The van der Waals surface area contributed by atoms with Crippen molar-refractivity contribution in [3.63, 3.8) is 0 Å². The van der Waals surface area contributed by atoms with Crippen molar-refractivity contribution in [1.29, 1.82) is 0 Å². The van der Waals surface area contributed by atoms with Crippen molar-refractivity contribution in [3.8, 4) is 0 Å². The van der Waals surface area contributed by atoms with Crippen molar-refractivity contribution in [1.82, 2.24) is 0 Å².